The zero-order valence-corrected chi connectivity index (χ0v) is 19.5. The van der Waals surface area contributed by atoms with E-state index in [1.807, 2.05) is 12.1 Å². The molecule has 0 aromatic heterocycles. The first-order valence-corrected chi connectivity index (χ1v) is 12.2. The van der Waals surface area contributed by atoms with Gasteiger partial charge in [0.1, 0.15) is 0 Å². The molecule has 1 aliphatic carbocycles. The van der Waals surface area contributed by atoms with Gasteiger partial charge in [0.05, 0.1) is 18.1 Å². The van der Waals surface area contributed by atoms with Crippen LogP contribution in [0.2, 0.25) is 5.02 Å². The Kier molecular flexibility index (Phi) is 5.73. The molecule has 1 unspecified atom stereocenters. The first kappa shape index (κ1) is 22.1. The predicted molar refractivity (Wildman–Crippen MR) is 124 cm³/mol. The molecule has 0 radical (unpaired) electrons. The lowest BCUT2D eigenvalue weighted by atomic mass is 9.71. The number of anilines is 1. The van der Waals surface area contributed by atoms with Crippen molar-refractivity contribution in [1.82, 2.24) is 10.2 Å². The molecule has 5 fully saturated rings. The van der Waals surface area contributed by atoms with Gasteiger partial charge < -0.3 is 15.4 Å². The van der Waals surface area contributed by atoms with Gasteiger partial charge in [0.15, 0.2) is 0 Å². The summed E-state index contributed by atoms with van der Waals surface area (Å²) in [5.74, 6) is -0.820. The molecule has 8 heteroatoms. The van der Waals surface area contributed by atoms with Gasteiger partial charge in [-0.3, -0.25) is 19.8 Å². The Balaban J connectivity index is 1.22. The smallest absolute Gasteiger partial charge is 0.234 e. The maximum atomic E-state index is 12.2. The van der Waals surface area contributed by atoms with Gasteiger partial charge in [-0.2, -0.15) is 0 Å². The van der Waals surface area contributed by atoms with Crippen LogP contribution in [-0.4, -0.2) is 66.7 Å². The molecule has 4 aliphatic heterocycles. The van der Waals surface area contributed by atoms with Crippen LogP contribution in [0.5, 0.6) is 0 Å². The monoisotopic (exact) mass is 460 g/mol. The number of benzene rings is 1. The lowest BCUT2D eigenvalue weighted by Crippen LogP contribution is -2.64. The van der Waals surface area contributed by atoms with Crippen molar-refractivity contribution in [3.8, 4) is 0 Å². The highest BCUT2D eigenvalue weighted by molar-refractivity contribution is 6.32. The van der Waals surface area contributed by atoms with Gasteiger partial charge in [-0.1, -0.05) is 17.7 Å². The van der Waals surface area contributed by atoms with Crippen LogP contribution in [-0.2, 0) is 14.3 Å². The van der Waals surface area contributed by atoms with E-state index in [1.54, 1.807) is 0 Å². The molecule has 5 aliphatic rings. The summed E-state index contributed by atoms with van der Waals surface area (Å²) in [6.07, 6.45) is 5.13. The Bertz CT molecular complexity index is 898. The second-order valence-electron chi connectivity index (χ2n) is 10.3. The number of piperazine rings is 1. The van der Waals surface area contributed by atoms with Crippen LogP contribution < -0.4 is 16.0 Å². The van der Waals surface area contributed by atoms with E-state index in [9.17, 15) is 9.59 Å². The van der Waals surface area contributed by atoms with Gasteiger partial charge in [0.2, 0.25) is 11.8 Å². The third-order valence-corrected chi connectivity index (χ3v) is 8.37. The van der Waals surface area contributed by atoms with E-state index >= 15 is 0 Å². The summed E-state index contributed by atoms with van der Waals surface area (Å²) in [5.41, 5.74) is 8.15. The summed E-state index contributed by atoms with van der Waals surface area (Å²) in [7, 11) is 0. The Morgan fingerprint density at radius 3 is 2.62 bits per heavy atom. The normalized spacial score (nSPS) is 35.8. The molecule has 32 heavy (non-hydrogen) atoms. The van der Waals surface area contributed by atoms with Crippen molar-refractivity contribution in [2.75, 3.05) is 37.7 Å². The summed E-state index contributed by atoms with van der Waals surface area (Å²) < 4.78 is 6.28. The molecule has 174 valence electrons. The van der Waals surface area contributed by atoms with Crippen LogP contribution in [0.4, 0.5) is 5.69 Å². The topological polar surface area (TPSA) is 87.9 Å². The summed E-state index contributed by atoms with van der Waals surface area (Å²) in [6, 6.07) is 6.37. The van der Waals surface area contributed by atoms with Crippen LogP contribution in [0.15, 0.2) is 18.2 Å². The fourth-order valence-corrected chi connectivity index (χ4v) is 6.12. The Morgan fingerprint density at radius 2 is 2.00 bits per heavy atom. The molecule has 2 atom stereocenters. The van der Waals surface area contributed by atoms with E-state index in [0.717, 1.165) is 63.1 Å². The summed E-state index contributed by atoms with van der Waals surface area (Å²) in [6.45, 7) is 6.78. The molecule has 1 saturated carbocycles. The molecular weight excluding hydrogens is 428 g/mol. The summed E-state index contributed by atoms with van der Waals surface area (Å²) >= 11 is 6.60. The number of fused-ring (bicyclic) bond motifs is 3. The van der Waals surface area contributed by atoms with E-state index in [4.69, 9.17) is 22.1 Å². The Hall–Kier alpha value is -1.67. The first-order valence-electron chi connectivity index (χ1n) is 11.8. The molecule has 6 rings (SSSR count). The number of imide groups is 1. The molecule has 1 aromatic rings. The minimum atomic E-state index is -0.359. The number of halogens is 1. The number of amides is 2. The lowest BCUT2D eigenvalue weighted by molar-refractivity contribution is -0.165. The maximum Gasteiger partial charge on any atom is 0.234 e. The van der Waals surface area contributed by atoms with E-state index in [-0.39, 0.29) is 28.9 Å². The van der Waals surface area contributed by atoms with Crippen molar-refractivity contribution < 1.29 is 14.3 Å². The quantitative estimate of drug-likeness (QED) is 0.671. The molecule has 4 heterocycles. The maximum absolute atomic E-state index is 12.2. The number of nitrogens with one attached hydrogen (secondary N) is 1. The minimum Gasteiger partial charge on any atom is -0.372 e. The standard InChI is InChI=1S/C24H33ClN4O3/c1-16-13-28(10-11-29(16)14-24-8-6-23(26,7-9-24)15-32-24)17-2-3-18(20(25)12-17)19-4-5-21(30)27-22(19)31/h2-3,12,16,19H,4-11,13-15,26H2,1H3,(H,27,30,31)/t16-,19?,23?,24?/m0/s1. The van der Waals surface area contributed by atoms with Crippen LogP contribution in [0, 0.1) is 0 Å². The molecule has 0 spiro atoms. The molecule has 1 aromatic carbocycles. The number of nitrogens with zero attached hydrogens (tertiary/aromatic N) is 2. The molecule has 2 bridgehead atoms. The largest absolute Gasteiger partial charge is 0.372 e. The molecule has 4 saturated heterocycles. The zero-order valence-electron chi connectivity index (χ0n) is 18.7. The van der Waals surface area contributed by atoms with Crippen LogP contribution in [0.3, 0.4) is 0 Å². The highest BCUT2D eigenvalue weighted by Gasteiger charge is 2.49. The van der Waals surface area contributed by atoms with E-state index < -0.39 is 0 Å². The fourth-order valence-electron chi connectivity index (χ4n) is 5.81. The predicted octanol–water partition coefficient (Wildman–Crippen LogP) is 2.41. The SMILES string of the molecule is C[C@H]1CN(c2ccc(C3CCC(=O)NC3=O)c(Cl)c2)CCN1CC12CCC(N)(CC1)CO2. The number of hydrogen-bond donors (Lipinski definition) is 2. The van der Waals surface area contributed by atoms with Gasteiger partial charge in [-0.15, -0.1) is 0 Å². The van der Waals surface area contributed by atoms with Gasteiger partial charge in [-0.05, 0) is 56.7 Å². The van der Waals surface area contributed by atoms with Crippen molar-refractivity contribution in [3.63, 3.8) is 0 Å². The third kappa shape index (κ3) is 4.16. The molecule has 7 nitrogen and oxygen atoms in total. The van der Waals surface area contributed by atoms with Crippen molar-refractivity contribution in [1.29, 1.82) is 0 Å². The molecular formula is C24H33ClN4O3. The number of ether oxygens (including phenoxy) is 1. The average Bonchev–Trinajstić information content (AvgIpc) is 2.77. The van der Waals surface area contributed by atoms with Crippen molar-refractivity contribution in [3.05, 3.63) is 28.8 Å². The zero-order chi connectivity index (χ0) is 22.5. The molecule has 3 N–H and O–H groups in total. The average molecular weight is 461 g/mol. The second kappa shape index (κ2) is 8.28. The van der Waals surface area contributed by atoms with Crippen LogP contribution >= 0.6 is 11.6 Å². The highest BCUT2D eigenvalue weighted by Crippen LogP contribution is 2.43. The number of piperidine rings is 1. The third-order valence-electron chi connectivity index (χ3n) is 8.04. The minimum absolute atomic E-state index is 0.0234. The Labute approximate surface area is 194 Å². The van der Waals surface area contributed by atoms with Gasteiger partial charge >= 0.3 is 0 Å². The van der Waals surface area contributed by atoms with Crippen molar-refractivity contribution in [2.45, 2.75) is 68.5 Å². The number of carbonyl (C=O) groups is 2. The lowest BCUT2D eigenvalue weighted by Gasteiger charge is -2.54. The summed E-state index contributed by atoms with van der Waals surface area (Å²) in [4.78, 5) is 28.6. The number of carbonyl (C=O) groups excluding carboxylic acids is 2. The van der Waals surface area contributed by atoms with Crippen LogP contribution in [0.1, 0.15) is 56.9 Å². The number of nitrogens with two attached hydrogens (primary N) is 1. The number of hydrogen-bond acceptors (Lipinski definition) is 6. The van der Waals surface area contributed by atoms with Crippen molar-refractivity contribution >= 4 is 29.1 Å². The van der Waals surface area contributed by atoms with Crippen LogP contribution in [0.25, 0.3) is 0 Å². The van der Waals surface area contributed by atoms with Gasteiger partial charge in [-0.25, -0.2) is 0 Å². The van der Waals surface area contributed by atoms with Crippen molar-refractivity contribution in [2.24, 2.45) is 5.73 Å². The van der Waals surface area contributed by atoms with E-state index in [0.29, 0.717) is 30.5 Å². The highest BCUT2D eigenvalue weighted by atomic mass is 35.5. The van der Waals surface area contributed by atoms with E-state index in [2.05, 4.69) is 28.1 Å². The summed E-state index contributed by atoms with van der Waals surface area (Å²) in [5, 5.41) is 3.01. The first-order chi connectivity index (χ1) is 15.3. The number of rotatable bonds is 4. The van der Waals surface area contributed by atoms with Gasteiger partial charge in [0.25, 0.3) is 0 Å². The second-order valence-corrected chi connectivity index (χ2v) is 10.7. The Morgan fingerprint density at radius 1 is 1.22 bits per heavy atom. The van der Waals surface area contributed by atoms with Gasteiger partial charge in [0, 0.05) is 54.9 Å². The van der Waals surface area contributed by atoms with E-state index in [1.165, 1.54) is 0 Å². The molecule has 2 amide bonds. The fraction of sp³-hybridized carbons (Fsp3) is 0.667.